The van der Waals surface area contributed by atoms with Crippen molar-refractivity contribution in [3.8, 4) is 0 Å². The smallest absolute Gasteiger partial charge is 0.155 e. The van der Waals surface area contributed by atoms with Gasteiger partial charge >= 0.3 is 0 Å². The highest BCUT2D eigenvalue weighted by molar-refractivity contribution is 5.89. The molecule has 0 rings (SSSR count). The van der Waals surface area contributed by atoms with Crippen molar-refractivity contribution in [2.45, 2.75) is 25.7 Å². The third kappa shape index (κ3) is 9.09. The van der Waals surface area contributed by atoms with Gasteiger partial charge in [-0.05, 0) is 25.0 Å². The van der Waals surface area contributed by atoms with Gasteiger partial charge in [-0.2, -0.15) is 0 Å². The second-order valence-corrected chi connectivity index (χ2v) is 3.16. The van der Waals surface area contributed by atoms with Crippen LogP contribution in [0.1, 0.15) is 25.7 Å². The van der Waals surface area contributed by atoms with Crippen molar-refractivity contribution in [3.05, 3.63) is 25.3 Å². The van der Waals surface area contributed by atoms with Crippen LogP contribution in [0.4, 0.5) is 0 Å². The standard InChI is InChI=1S/C12H18O3/c1-3-11(13)7-5-9-15-10-6-8-12(14)4-2/h3-4H,1-2,5-10H2. The quantitative estimate of drug-likeness (QED) is 0.409. The second-order valence-electron chi connectivity index (χ2n) is 3.16. The molecule has 3 nitrogen and oxygen atoms in total. The highest BCUT2D eigenvalue weighted by Crippen LogP contribution is 1.96. The molecular weight excluding hydrogens is 192 g/mol. The van der Waals surface area contributed by atoms with Crippen molar-refractivity contribution in [3.63, 3.8) is 0 Å². The SMILES string of the molecule is C=CC(=O)CCCOCCCC(=O)C=C. The average Bonchev–Trinajstić information content (AvgIpc) is 2.26. The van der Waals surface area contributed by atoms with Crippen LogP contribution in [0.25, 0.3) is 0 Å². The second kappa shape index (κ2) is 9.34. The van der Waals surface area contributed by atoms with E-state index in [1.54, 1.807) is 0 Å². The van der Waals surface area contributed by atoms with Gasteiger partial charge in [0.2, 0.25) is 0 Å². The van der Waals surface area contributed by atoms with Crippen molar-refractivity contribution in [1.82, 2.24) is 0 Å². The molecule has 0 radical (unpaired) electrons. The molecule has 0 amide bonds. The molecule has 84 valence electrons. The van der Waals surface area contributed by atoms with E-state index in [1.165, 1.54) is 12.2 Å². The van der Waals surface area contributed by atoms with Gasteiger partial charge < -0.3 is 4.74 Å². The van der Waals surface area contributed by atoms with Crippen molar-refractivity contribution in [2.24, 2.45) is 0 Å². The molecule has 0 heterocycles. The van der Waals surface area contributed by atoms with E-state index in [0.29, 0.717) is 38.9 Å². The number of ketones is 2. The summed E-state index contributed by atoms with van der Waals surface area (Å²) in [7, 11) is 0. The van der Waals surface area contributed by atoms with Crippen molar-refractivity contribution in [1.29, 1.82) is 0 Å². The maximum absolute atomic E-state index is 10.8. The number of ether oxygens (including phenoxy) is 1. The van der Waals surface area contributed by atoms with E-state index in [4.69, 9.17) is 4.74 Å². The lowest BCUT2D eigenvalue weighted by molar-refractivity contribution is -0.115. The number of carbonyl (C=O) groups excluding carboxylic acids is 2. The molecule has 15 heavy (non-hydrogen) atoms. The fourth-order valence-electron chi connectivity index (χ4n) is 1.00. The van der Waals surface area contributed by atoms with Gasteiger partial charge in [-0.25, -0.2) is 0 Å². The molecule has 0 aliphatic carbocycles. The highest BCUT2D eigenvalue weighted by Gasteiger charge is 1.97. The van der Waals surface area contributed by atoms with Crippen LogP contribution in [0.3, 0.4) is 0 Å². The summed E-state index contributed by atoms with van der Waals surface area (Å²) in [6, 6.07) is 0. The lowest BCUT2D eigenvalue weighted by atomic mass is 10.2. The Morgan fingerprint density at radius 2 is 1.33 bits per heavy atom. The molecule has 0 aliphatic rings. The zero-order chi connectivity index (χ0) is 11.5. The third-order valence-electron chi connectivity index (χ3n) is 1.88. The first-order valence-electron chi connectivity index (χ1n) is 5.09. The van der Waals surface area contributed by atoms with E-state index < -0.39 is 0 Å². The van der Waals surface area contributed by atoms with Crippen LogP contribution in [0.2, 0.25) is 0 Å². The van der Waals surface area contributed by atoms with Crippen LogP contribution in [0.15, 0.2) is 25.3 Å². The first kappa shape index (κ1) is 13.8. The van der Waals surface area contributed by atoms with Gasteiger partial charge in [0, 0.05) is 26.1 Å². The van der Waals surface area contributed by atoms with Gasteiger partial charge in [0.15, 0.2) is 11.6 Å². The Balaban J connectivity index is 3.18. The van der Waals surface area contributed by atoms with E-state index in [-0.39, 0.29) is 11.6 Å². The number of allylic oxidation sites excluding steroid dienone is 2. The van der Waals surface area contributed by atoms with E-state index in [2.05, 4.69) is 13.2 Å². The number of hydrogen-bond acceptors (Lipinski definition) is 3. The summed E-state index contributed by atoms with van der Waals surface area (Å²) in [5.74, 6) is 0.0841. The lowest BCUT2D eigenvalue weighted by Crippen LogP contribution is -2.02. The fraction of sp³-hybridized carbons (Fsp3) is 0.500. The van der Waals surface area contributed by atoms with Gasteiger partial charge in [0.25, 0.3) is 0 Å². The van der Waals surface area contributed by atoms with E-state index >= 15 is 0 Å². The average molecular weight is 210 g/mol. The Kier molecular flexibility index (Phi) is 8.58. The predicted octanol–water partition coefficient (Wildman–Crippen LogP) is 2.07. The van der Waals surface area contributed by atoms with Gasteiger partial charge in [0.1, 0.15) is 0 Å². The summed E-state index contributed by atoms with van der Waals surface area (Å²) in [6.07, 6.45) is 5.02. The molecule has 0 atom stereocenters. The topological polar surface area (TPSA) is 43.4 Å². The molecule has 0 bridgehead atoms. The van der Waals surface area contributed by atoms with Crippen LogP contribution in [-0.2, 0) is 14.3 Å². The van der Waals surface area contributed by atoms with Gasteiger partial charge in [-0.3, -0.25) is 9.59 Å². The minimum atomic E-state index is 0.0421. The maximum Gasteiger partial charge on any atom is 0.155 e. The number of carbonyl (C=O) groups is 2. The molecule has 0 fully saturated rings. The lowest BCUT2D eigenvalue weighted by Gasteiger charge is -2.01. The van der Waals surface area contributed by atoms with Crippen LogP contribution in [-0.4, -0.2) is 24.8 Å². The first-order valence-corrected chi connectivity index (χ1v) is 5.09. The molecule has 0 saturated heterocycles. The molecule has 0 unspecified atom stereocenters. The van der Waals surface area contributed by atoms with Crippen LogP contribution in [0, 0.1) is 0 Å². The van der Waals surface area contributed by atoms with Crippen LogP contribution >= 0.6 is 0 Å². The van der Waals surface area contributed by atoms with E-state index in [1.807, 2.05) is 0 Å². The minimum Gasteiger partial charge on any atom is -0.381 e. The summed E-state index contributed by atoms with van der Waals surface area (Å²) >= 11 is 0. The number of hydrogen-bond donors (Lipinski definition) is 0. The predicted molar refractivity (Wildman–Crippen MR) is 59.7 cm³/mol. The fourth-order valence-corrected chi connectivity index (χ4v) is 1.00. The Morgan fingerprint density at radius 1 is 0.933 bits per heavy atom. The van der Waals surface area contributed by atoms with Gasteiger partial charge in [0.05, 0.1) is 0 Å². The summed E-state index contributed by atoms with van der Waals surface area (Å²) in [6.45, 7) is 7.88. The first-order chi connectivity index (χ1) is 7.20. The Morgan fingerprint density at radius 3 is 1.67 bits per heavy atom. The molecule has 0 aromatic heterocycles. The summed E-state index contributed by atoms with van der Waals surface area (Å²) in [4.78, 5) is 21.6. The molecule has 0 saturated carbocycles. The zero-order valence-electron chi connectivity index (χ0n) is 9.04. The van der Waals surface area contributed by atoms with Crippen molar-refractivity contribution < 1.29 is 14.3 Å². The molecule has 0 aliphatic heterocycles. The maximum atomic E-state index is 10.8. The molecule has 0 aromatic rings. The van der Waals surface area contributed by atoms with Crippen LogP contribution < -0.4 is 0 Å². The molecule has 3 heteroatoms. The molecule has 0 aromatic carbocycles. The Hall–Kier alpha value is -1.22. The van der Waals surface area contributed by atoms with Gasteiger partial charge in [-0.1, -0.05) is 13.2 Å². The largest absolute Gasteiger partial charge is 0.381 e. The summed E-state index contributed by atoms with van der Waals surface area (Å²) in [5.41, 5.74) is 0. The van der Waals surface area contributed by atoms with E-state index in [9.17, 15) is 9.59 Å². The molecular formula is C12H18O3. The van der Waals surface area contributed by atoms with Crippen LogP contribution in [0.5, 0.6) is 0 Å². The summed E-state index contributed by atoms with van der Waals surface area (Å²) < 4.78 is 5.25. The van der Waals surface area contributed by atoms with Gasteiger partial charge in [-0.15, -0.1) is 0 Å². The van der Waals surface area contributed by atoms with Crippen molar-refractivity contribution in [2.75, 3.05) is 13.2 Å². The minimum absolute atomic E-state index is 0.0421. The normalized spacial score (nSPS) is 9.60. The van der Waals surface area contributed by atoms with Crippen molar-refractivity contribution >= 4 is 11.6 Å². The molecule has 0 spiro atoms. The Bertz CT molecular complexity index is 207. The Labute approximate surface area is 90.8 Å². The van der Waals surface area contributed by atoms with E-state index in [0.717, 1.165) is 0 Å². The molecule has 0 N–H and O–H groups in total. The summed E-state index contributed by atoms with van der Waals surface area (Å²) in [5, 5.41) is 0. The third-order valence-corrected chi connectivity index (χ3v) is 1.88. The zero-order valence-corrected chi connectivity index (χ0v) is 9.04. The highest BCUT2D eigenvalue weighted by atomic mass is 16.5. The monoisotopic (exact) mass is 210 g/mol. The number of rotatable bonds is 10.